The molecule has 2 amide bonds. The maximum Gasteiger partial charge on any atom is 0.317 e. The van der Waals surface area contributed by atoms with Gasteiger partial charge in [0.1, 0.15) is 0 Å². The van der Waals surface area contributed by atoms with Crippen LogP contribution in [0.3, 0.4) is 0 Å². The van der Waals surface area contributed by atoms with E-state index in [9.17, 15) is 4.79 Å². The monoisotopic (exact) mass is 278 g/mol. The standard InChI is InChI=1S/C17H30N2O/c1-11(17(2,3)4)18-16(20)19-10-14-6-12-5-13(7-14)9-15(19)8-12/h11-15H,5-10H2,1-4H3,(H,18,20). The van der Waals surface area contributed by atoms with Gasteiger partial charge in [-0.2, -0.15) is 0 Å². The van der Waals surface area contributed by atoms with Crippen LogP contribution in [0.2, 0.25) is 0 Å². The number of carbonyl (C=O) groups is 1. The summed E-state index contributed by atoms with van der Waals surface area (Å²) >= 11 is 0. The van der Waals surface area contributed by atoms with Gasteiger partial charge in [-0.3, -0.25) is 0 Å². The van der Waals surface area contributed by atoms with Crippen LogP contribution in [0.4, 0.5) is 4.79 Å². The first-order valence-electron chi connectivity index (χ1n) is 8.40. The van der Waals surface area contributed by atoms with Gasteiger partial charge in [0.15, 0.2) is 0 Å². The van der Waals surface area contributed by atoms with Crippen molar-refractivity contribution in [1.29, 1.82) is 0 Å². The molecule has 1 N–H and O–H groups in total. The van der Waals surface area contributed by atoms with Gasteiger partial charge in [0, 0.05) is 18.6 Å². The molecular formula is C17H30N2O. The molecule has 20 heavy (non-hydrogen) atoms. The Kier molecular flexibility index (Phi) is 3.50. The van der Waals surface area contributed by atoms with E-state index in [0.717, 1.165) is 24.3 Å². The van der Waals surface area contributed by atoms with Crippen molar-refractivity contribution < 1.29 is 4.79 Å². The second kappa shape index (κ2) is 4.92. The number of hydrogen-bond acceptors (Lipinski definition) is 1. The van der Waals surface area contributed by atoms with Crippen LogP contribution >= 0.6 is 0 Å². The Morgan fingerprint density at radius 2 is 1.60 bits per heavy atom. The summed E-state index contributed by atoms with van der Waals surface area (Å²) in [7, 11) is 0. The minimum Gasteiger partial charge on any atom is -0.335 e. The van der Waals surface area contributed by atoms with Gasteiger partial charge in [-0.15, -0.1) is 0 Å². The summed E-state index contributed by atoms with van der Waals surface area (Å²) in [6.45, 7) is 9.69. The normalized spacial score (nSPS) is 37.7. The van der Waals surface area contributed by atoms with Gasteiger partial charge in [-0.25, -0.2) is 4.79 Å². The van der Waals surface area contributed by atoms with E-state index in [1.165, 1.54) is 32.1 Å². The molecule has 3 atom stereocenters. The molecule has 0 aromatic carbocycles. The number of nitrogens with one attached hydrogen (secondary N) is 1. The minimum atomic E-state index is 0.124. The van der Waals surface area contributed by atoms with Crippen LogP contribution in [0.1, 0.15) is 59.8 Å². The van der Waals surface area contributed by atoms with Gasteiger partial charge in [0.25, 0.3) is 0 Å². The predicted octanol–water partition coefficient (Wildman–Crippen LogP) is 3.64. The maximum absolute atomic E-state index is 12.7. The lowest BCUT2D eigenvalue weighted by Gasteiger charge is -2.39. The van der Waals surface area contributed by atoms with Crippen molar-refractivity contribution in [2.75, 3.05) is 6.54 Å². The van der Waals surface area contributed by atoms with E-state index in [4.69, 9.17) is 0 Å². The van der Waals surface area contributed by atoms with E-state index in [2.05, 4.69) is 37.9 Å². The molecule has 2 aliphatic heterocycles. The van der Waals surface area contributed by atoms with Crippen molar-refractivity contribution in [3.63, 3.8) is 0 Å². The second-order valence-electron chi connectivity index (χ2n) is 8.62. The predicted molar refractivity (Wildman–Crippen MR) is 81.5 cm³/mol. The molecule has 4 aliphatic rings. The highest BCUT2D eigenvalue weighted by atomic mass is 16.2. The third-order valence-electron chi connectivity index (χ3n) is 6.01. The molecule has 2 saturated carbocycles. The van der Waals surface area contributed by atoms with E-state index in [0.29, 0.717) is 6.04 Å². The van der Waals surface area contributed by atoms with Gasteiger partial charge in [-0.05, 0) is 62.2 Å². The first-order valence-corrected chi connectivity index (χ1v) is 8.40. The SMILES string of the molecule is CC(NC(=O)N1CC2CC3CC(C2)CC1C3)C(C)(C)C. The summed E-state index contributed by atoms with van der Waals surface area (Å²) in [6, 6.07) is 0.914. The maximum atomic E-state index is 12.7. The lowest BCUT2D eigenvalue weighted by molar-refractivity contribution is 0.128. The number of carbonyl (C=O) groups excluding carboxylic acids is 1. The highest BCUT2D eigenvalue weighted by molar-refractivity contribution is 5.75. The summed E-state index contributed by atoms with van der Waals surface area (Å²) in [4.78, 5) is 14.9. The molecule has 4 fully saturated rings. The van der Waals surface area contributed by atoms with Crippen molar-refractivity contribution in [3.8, 4) is 0 Å². The van der Waals surface area contributed by atoms with Crippen LogP contribution in [0.15, 0.2) is 0 Å². The molecule has 3 nitrogen and oxygen atoms in total. The molecule has 3 heteroatoms. The summed E-state index contributed by atoms with van der Waals surface area (Å²) in [6.07, 6.45) is 6.67. The second-order valence-corrected chi connectivity index (χ2v) is 8.62. The van der Waals surface area contributed by atoms with E-state index in [1.807, 2.05) is 0 Å². The Labute approximate surface area is 123 Å². The van der Waals surface area contributed by atoms with Gasteiger partial charge >= 0.3 is 6.03 Å². The highest BCUT2D eigenvalue weighted by Gasteiger charge is 2.44. The first-order chi connectivity index (χ1) is 9.33. The number of fused-ring (bicyclic) bond motifs is 1. The van der Waals surface area contributed by atoms with Crippen LogP contribution in [-0.4, -0.2) is 29.6 Å². The summed E-state index contributed by atoms with van der Waals surface area (Å²) < 4.78 is 0. The Bertz CT molecular complexity index is 373. The van der Waals surface area contributed by atoms with Gasteiger partial charge in [0.2, 0.25) is 0 Å². The molecule has 4 bridgehead atoms. The summed E-state index contributed by atoms with van der Waals surface area (Å²) in [5.41, 5.74) is 0.124. The van der Waals surface area contributed by atoms with Gasteiger partial charge in [0.05, 0.1) is 0 Å². The highest BCUT2D eigenvalue weighted by Crippen LogP contribution is 2.47. The third-order valence-corrected chi connectivity index (χ3v) is 6.01. The molecule has 2 heterocycles. The number of nitrogens with zero attached hydrogens (tertiary/aromatic N) is 1. The molecule has 0 spiro atoms. The molecule has 2 saturated heterocycles. The van der Waals surface area contributed by atoms with Crippen molar-refractivity contribution in [2.24, 2.45) is 23.2 Å². The minimum absolute atomic E-state index is 0.124. The third kappa shape index (κ3) is 2.68. The summed E-state index contributed by atoms with van der Waals surface area (Å²) in [5.74, 6) is 2.56. The molecule has 4 rings (SSSR count). The molecule has 2 aliphatic carbocycles. The largest absolute Gasteiger partial charge is 0.335 e. The van der Waals surface area contributed by atoms with Crippen LogP contribution in [0.25, 0.3) is 0 Å². The van der Waals surface area contributed by atoms with Crippen molar-refractivity contribution in [3.05, 3.63) is 0 Å². The van der Waals surface area contributed by atoms with E-state index < -0.39 is 0 Å². The van der Waals surface area contributed by atoms with E-state index in [-0.39, 0.29) is 17.5 Å². The lowest BCUT2D eigenvalue weighted by Crippen LogP contribution is -2.52. The Morgan fingerprint density at radius 1 is 1.05 bits per heavy atom. The molecule has 114 valence electrons. The Hall–Kier alpha value is -0.730. The summed E-state index contributed by atoms with van der Waals surface area (Å²) in [5, 5.41) is 3.25. The lowest BCUT2D eigenvalue weighted by atomic mass is 9.68. The fraction of sp³-hybridized carbons (Fsp3) is 0.941. The van der Waals surface area contributed by atoms with E-state index in [1.54, 1.807) is 0 Å². The Morgan fingerprint density at radius 3 is 2.15 bits per heavy atom. The zero-order valence-corrected chi connectivity index (χ0v) is 13.5. The fourth-order valence-electron chi connectivity index (χ4n) is 4.52. The van der Waals surface area contributed by atoms with Crippen LogP contribution in [0, 0.1) is 23.2 Å². The van der Waals surface area contributed by atoms with Crippen LogP contribution in [-0.2, 0) is 0 Å². The quantitative estimate of drug-likeness (QED) is 0.780. The topological polar surface area (TPSA) is 32.3 Å². The molecule has 0 aromatic heterocycles. The van der Waals surface area contributed by atoms with Gasteiger partial charge in [-0.1, -0.05) is 20.8 Å². The average molecular weight is 278 g/mol. The number of amides is 2. The molecule has 0 radical (unpaired) electrons. The zero-order valence-electron chi connectivity index (χ0n) is 13.5. The Balaban J connectivity index is 1.69. The number of rotatable bonds is 1. The van der Waals surface area contributed by atoms with Crippen LogP contribution in [0.5, 0.6) is 0 Å². The van der Waals surface area contributed by atoms with Crippen molar-refractivity contribution in [2.45, 2.75) is 71.9 Å². The fourth-order valence-corrected chi connectivity index (χ4v) is 4.52. The number of hydrogen-bond donors (Lipinski definition) is 1. The van der Waals surface area contributed by atoms with Crippen LogP contribution < -0.4 is 5.32 Å². The van der Waals surface area contributed by atoms with E-state index >= 15 is 0 Å². The van der Waals surface area contributed by atoms with Crippen molar-refractivity contribution in [1.82, 2.24) is 10.2 Å². The smallest absolute Gasteiger partial charge is 0.317 e. The molecular weight excluding hydrogens is 248 g/mol. The first kappa shape index (κ1) is 14.2. The molecule has 0 aromatic rings. The zero-order chi connectivity index (χ0) is 14.5. The number of urea groups is 1. The molecule has 3 unspecified atom stereocenters. The average Bonchev–Trinajstić information content (AvgIpc) is 2.52. The van der Waals surface area contributed by atoms with Crippen molar-refractivity contribution >= 4 is 6.03 Å². The van der Waals surface area contributed by atoms with Gasteiger partial charge < -0.3 is 10.2 Å².